The van der Waals surface area contributed by atoms with Gasteiger partial charge in [0.05, 0.1) is 0 Å². The highest BCUT2D eigenvalue weighted by atomic mass is 79.9. The van der Waals surface area contributed by atoms with Crippen LogP contribution in [0.5, 0.6) is 5.88 Å². The van der Waals surface area contributed by atoms with E-state index < -0.39 is 0 Å². The normalized spacial score (nSPS) is 16.6. The highest BCUT2D eigenvalue weighted by Gasteiger charge is 2.12. The van der Waals surface area contributed by atoms with Gasteiger partial charge in [-0.1, -0.05) is 6.42 Å². The number of nitrogens with one attached hydrogen (secondary N) is 1. The van der Waals surface area contributed by atoms with Crippen LogP contribution < -0.4 is 16.0 Å². The van der Waals surface area contributed by atoms with E-state index in [0.717, 1.165) is 6.54 Å². The number of ether oxygens (including phenoxy) is 1. The van der Waals surface area contributed by atoms with Crippen molar-refractivity contribution in [1.82, 2.24) is 14.9 Å². The van der Waals surface area contributed by atoms with Gasteiger partial charge in [-0.15, -0.1) is 0 Å². The number of hydrogen-bond donors (Lipinski definition) is 2. The lowest BCUT2D eigenvalue weighted by molar-refractivity contribution is 0.180. The van der Waals surface area contributed by atoms with Crippen molar-refractivity contribution >= 4 is 21.7 Å². The fourth-order valence-corrected chi connectivity index (χ4v) is 2.44. The van der Waals surface area contributed by atoms with E-state index in [2.05, 4.69) is 36.2 Å². The summed E-state index contributed by atoms with van der Waals surface area (Å²) >= 11 is 3.36. The third-order valence-corrected chi connectivity index (χ3v) is 3.70. The summed E-state index contributed by atoms with van der Waals surface area (Å²) in [5, 5.41) is 0. The summed E-state index contributed by atoms with van der Waals surface area (Å²) in [5.74, 6) is 6.38. The third-order valence-electron chi connectivity index (χ3n) is 2.99. The number of aromatic nitrogens is 2. The molecule has 1 aliphatic rings. The summed E-state index contributed by atoms with van der Waals surface area (Å²) in [5.41, 5.74) is 2.49. The molecule has 1 saturated heterocycles. The van der Waals surface area contributed by atoms with Crippen molar-refractivity contribution in [1.29, 1.82) is 0 Å². The predicted molar refractivity (Wildman–Crippen MR) is 73.3 cm³/mol. The first-order valence-electron chi connectivity index (χ1n) is 6.13. The molecule has 1 aliphatic heterocycles. The summed E-state index contributed by atoms with van der Waals surface area (Å²) in [6, 6.07) is 0. The van der Waals surface area contributed by atoms with Gasteiger partial charge in [-0.2, -0.15) is 0 Å². The van der Waals surface area contributed by atoms with Gasteiger partial charge in [0.25, 0.3) is 0 Å². The number of halogens is 1. The minimum atomic E-state index is 0.523. The molecular weight excluding hydrogens is 298 g/mol. The maximum atomic E-state index is 5.65. The lowest BCUT2D eigenvalue weighted by Gasteiger charge is -2.26. The number of rotatable bonds is 5. The third kappa shape index (κ3) is 3.54. The van der Waals surface area contributed by atoms with Crippen LogP contribution in [0.1, 0.15) is 19.3 Å². The smallest absolute Gasteiger partial charge is 0.233 e. The Morgan fingerprint density at radius 1 is 1.33 bits per heavy atom. The van der Waals surface area contributed by atoms with Crippen molar-refractivity contribution in [3.05, 3.63) is 10.8 Å². The monoisotopic (exact) mass is 315 g/mol. The number of nitrogen functional groups attached to an aromatic ring is 1. The van der Waals surface area contributed by atoms with Crippen LogP contribution in [0.3, 0.4) is 0 Å². The van der Waals surface area contributed by atoms with Crippen LogP contribution in [0.15, 0.2) is 10.8 Å². The summed E-state index contributed by atoms with van der Waals surface area (Å²) in [6.07, 6.45) is 5.35. The molecule has 0 bridgehead atoms. The Balaban J connectivity index is 1.82. The van der Waals surface area contributed by atoms with Crippen LogP contribution in [0, 0.1) is 0 Å². The van der Waals surface area contributed by atoms with Crippen molar-refractivity contribution in [3.63, 3.8) is 0 Å². The number of nitrogens with zero attached hydrogens (tertiary/aromatic N) is 3. The maximum Gasteiger partial charge on any atom is 0.233 e. The molecule has 1 aromatic heterocycles. The quantitative estimate of drug-likeness (QED) is 0.631. The molecule has 100 valence electrons. The Hall–Kier alpha value is -0.920. The van der Waals surface area contributed by atoms with Crippen LogP contribution in [0.25, 0.3) is 0 Å². The number of piperidine rings is 1. The number of anilines is 1. The molecule has 18 heavy (non-hydrogen) atoms. The number of hydrogen-bond acceptors (Lipinski definition) is 6. The van der Waals surface area contributed by atoms with Crippen molar-refractivity contribution in [2.75, 3.05) is 31.7 Å². The first kappa shape index (κ1) is 13.5. The van der Waals surface area contributed by atoms with Crippen LogP contribution in [-0.4, -0.2) is 41.1 Å². The minimum Gasteiger partial charge on any atom is -0.475 e. The van der Waals surface area contributed by atoms with Gasteiger partial charge >= 0.3 is 0 Å². The van der Waals surface area contributed by atoms with Gasteiger partial charge in [-0.25, -0.2) is 15.8 Å². The molecule has 0 aromatic carbocycles. The fraction of sp³-hybridized carbons (Fsp3) is 0.636. The Morgan fingerprint density at radius 3 is 2.83 bits per heavy atom. The van der Waals surface area contributed by atoms with E-state index in [1.807, 2.05) is 0 Å². The average molecular weight is 316 g/mol. The highest BCUT2D eigenvalue weighted by Crippen LogP contribution is 2.27. The molecule has 0 aliphatic carbocycles. The zero-order valence-electron chi connectivity index (χ0n) is 10.2. The standard InChI is InChI=1S/C11H18BrN5O/c12-9-10(16-13)14-8-15-11(9)18-7-6-17-4-2-1-3-5-17/h8H,1-7,13H2,(H,14,15,16). The lowest BCUT2D eigenvalue weighted by atomic mass is 10.1. The van der Waals surface area contributed by atoms with Gasteiger partial charge in [0.15, 0.2) is 5.82 Å². The van der Waals surface area contributed by atoms with E-state index in [9.17, 15) is 0 Å². The first-order valence-corrected chi connectivity index (χ1v) is 6.93. The zero-order chi connectivity index (χ0) is 12.8. The summed E-state index contributed by atoms with van der Waals surface area (Å²) in [6.45, 7) is 3.90. The molecule has 0 unspecified atom stereocenters. The molecule has 6 nitrogen and oxygen atoms in total. The van der Waals surface area contributed by atoms with E-state index >= 15 is 0 Å². The molecule has 7 heteroatoms. The van der Waals surface area contributed by atoms with Crippen molar-refractivity contribution in [2.24, 2.45) is 5.84 Å². The largest absolute Gasteiger partial charge is 0.475 e. The van der Waals surface area contributed by atoms with E-state index in [0.29, 0.717) is 22.8 Å². The minimum absolute atomic E-state index is 0.523. The van der Waals surface area contributed by atoms with Gasteiger partial charge in [-0.05, 0) is 41.9 Å². The van der Waals surface area contributed by atoms with E-state index in [1.54, 1.807) is 0 Å². The Labute approximate surface area is 115 Å². The van der Waals surface area contributed by atoms with Crippen molar-refractivity contribution < 1.29 is 4.74 Å². The highest BCUT2D eigenvalue weighted by molar-refractivity contribution is 9.10. The van der Waals surface area contributed by atoms with Gasteiger partial charge in [-0.3, -0.25) is 4.90 Å². The van der Waals surface area contributed by atoms with Gasteiger partial charge in [0.1, 0.15) is 17.4 Å². The van der Waals surface area contributed by atoms with Gasteiger partial charge in [0.2, 0.25) is 5.88 Å². The predicted octanol–water partition coefficient (Wildman–Crippen LogP) is 1.39. The van der Waals surface area contributed by atoms with Crippen LogP contribution in [-0.2, 0) is 0 Å². The Kier molecular flexibility index (Phi) is 5.15. The molecule has 0 radical (unpaired) electrons. The second kappa shape index (κ2) is 6.86. The maximum absolute atomic E-state index is 5.65. The Morgan fingerprint density at radius 2 is 2.11 bits per heavy atom. The van der Waals surface area contributed by atoms with E-state index in [4.69, 9.17) is 10.6 Å². The van der Waals surface area contributed by atoms with Crippen molar-refractivity contribution in [3.8, 4) is 5.88 Å². The molecule has 1 aromatic rings. The van der Waals surface area contributed by atoms with Crippen LogP contribution >= 0.6 is 15.9 Å². The molecule has 0 spiro atoms. The van der Waals surface area contributed by atoms with Crippen LogP contribution in [0.2, 0.25) is 0 Å². The van der Waals surface area contributed by atoms with E-state index in [1.165, 1.54) is 38.7 Å². The molecular formula is C11H18BrN5O. The Bertz CT molecular complexity index is 384. The molecule has 0 atom stereocenters. The lowest BCUT2D eigenvalue weighted by Crippen LogP contribution is -2.33. The number of likely N-dealkylation sites (tertiary alicyclic amines) is 1. The molecule has 0 saturated carbocycles. The fourth-order valence-electron chi connectivity index (χ4n) is 2.01. The molecule has 0 amide bonds. The average Bonchev–Trinajstić information content (AvgIpc) is 2.42. The summed E-state index contributed by atoms with van der Waals surface area (Å²) in [7, 11) is 0. The first-order chi connectivity index (χ1) is 8.81. The topological polar surface area (TPSA) is 76.3 Å². The molecule has 3 N–H and O–H groups in total. The molecule has 1 fully saturated rings. The van der Waals surface area contributed by atoms with Crippen LogP contribution in [0.4, 0.5) is 5.82 Å². The van der Waals surface area contributed by atoms with Gasteiger partial charge < -0.3 is 10.2 Å². The SMILES string of the molecule is NNc1ncnc(OCCN2CCCCC2)c1Br. The van der Waals surface area contributed by atoms with Gasteiger partial charge in [0, 0.05) is 6.54 Å². The molecule has 2 rings (SSSR count). The zero-order valence-corrected chi connectivity index (χ0v) is 11.8. The second-order valence-corrected chi connectivity index (χ2v) is 5.03. The summed E-state index contributed by atoms with van der Waals surface area (Å²) < 4.78 is 6.31. The number of nitrogens with two attached hydrogens (primary N) is 1. The molecule has 2 heterocycles. The number of hydrazine groups is 1. The summed E-state index contributed by atoms with van der Waals surface area (Å²) in [4.78, 5) is 10.5. The van der Waals surface area contributed by atoms with E-state index in [-0.39, 0.29) is 0 Å². The van der Waals surface area contributed by atoms with Crippen molar-refractivity contribution in [2.45, 2.75) is 19.3 Å². The second-order valence-electron chi connectivity index (χ2n) is 4.24.